The molecule has 0 fully saturated rings. The number of rotatable bonds is 6. The molecule has 2 aromatic heterocycles. The Balaban J connectivity index is 2.32. The number of nitrogens with zero attached hydrogens (tertiary/aromatic N) is 1. The number of hydrogen-bond acceptors (Lipinski definition) is 2. The van der Waals surface area contributed by atoms with Gasteiger partial charge in [0.05, 0.1) is 0 Å². The number of unbranched alkanes of at least 4 members (excludes halogenated alkanes) is 1. The van der Waals surface area contributed by atoms with E-state index >= 15 is 0 Å². The standard InChI is InChI=1S/C15H19BrN2O/c1-3-5-6-10(4-2)14(19)13-9-18-15-12(13)7-11(16)8-17-15/h7-10H,3-6H2,1-2H3,(H,17,18). The van der Waals surface area contributed by atoms with Gasteiger partial charge in [0.25, 0.3) is 0 Å². The summed E-state index contributed by atoms with van der Waals surface area (Å²) < 4.78 is 0.898. The molecule has 2 rings (SSSR count). The van der Waals surface area contributed by atoms with Gasteiger partial charge in [0, 0.05) is 33.7 Å². The summed E-state index contributed by atoms with van der Waals surface area (Å²) >= 11 is 3.41. The summed E-state index contributed by atoms with van der Waals surface area (Å²) in [6, 6.07) is 1.96. The van der Waals surface area contributed by atoms with Crippen molar-refractivity contribution in [2.24, 2.45) is 5.92 Å². The Morgan fingerprint density at radius 3 is 2.95 bits per heavy atom. The molecular weight excluding hydrogens is 304 g/mol. The fraction of sp³-hybridized carbons (Fsp3) is 0.467. The molecule has 1 unspecified atom stereocenters. The second-order valence-electron chi connectivity index (χ2n) is 4.86. The molecule has 1 atom stereocenters. The van der Waals surface area contributed by atoms with Crippen LogP contribution in [0.5, 0.6) is 0 Å². The van der Waals surface area contributed by atoms with Crippen LogP contribution in [0.3, 0.4) is 0 Å². The van der Waals surface area contributed by atoms with Crippen LogP contribution in [-0.4, -0.2) is 15.8 Å². The van der Waals surface area contributed by atoms with Gasteiger partial charge in [-0.3, -0.25) is 4.79 Å². The van der Waals surface area contributed by atoms with Crippen LogP contribution in [0.4, 0.5) is 0 Å². The van der Waals surface area contributed by atoms with Crippen molar-refractivity contribution in [2.45, 2.75) is 39.5 Å². The van der Waals surface area contributed by atoms with Gasteiger partial charge in [-0.05, 0) is 34.8 Å². The molecular formula is C15H19BrN2O. The number of ketones is 1. The predicted octanol–water partition coefficient (Wildman–Crippen LogP) is 4.72. The number of Topliss-reactive ketones (excluding diaryl/α,β-unsaturated/α-hetero) is 1. The van der Waals surface area contributed by atoms with Crippen molar-refractivity contribution < 1.29 is 4.79 Å². The third-order valence-electron chi connectivity index (χ3n) is 3.53. The molecule has 2 aromatic rings. The minimum absolute atomic E-state index is 0.123. The lowest BCUT2D eigenvalue weighted by molar-refractivity contribution is 0.0910. The van der Waals surface area contributed by atoms with Crippen LogP contribution in [0.25, 0.3) is 11.0 Å². The zero-order valence-corrected chi connectivity index (χ0v) is 13.0. The summed E-state index contributed by atoms with van der Waals surface area (Å²) in [5.41, 5.74) is 1.55. The highest BCUT2D eigenvalue weighted by atomic mass is 79.9. The molecule has 3 nitrogen and oxygen atoms in total. The number of halogens is 1. The Morgan fingerprint density at radius 1 is 1.47 bits per heavy atom. The molecule has 0 aromatic carbocycles. The summed E-state index contributed by atoms with van der Waals surface area (Å²) in [7, 11) is 0. The maximum Gasteiger partial charge on any atom is 0.168 e. The van der Waals surface area contributed by atoms with E-state index in [9.17, 15) is 4.79 Å². The first kappa shape index (κ1) is 14.3. The smallest absolute Gasteiger partial charge is 0.168 e. The number of carbonyl (C=O) groups excluding carboxylic acids is 1. The molecule has 0 aliphatic heterocycles. The Bertz CT molecular complexity index is 577. The normalized spacial score (nSPS) is 12.8. The van der Waals surface area contributed by atoms with Gasteiger partial charge >= 0.3 is 0 Å². The predicted molar refractivity (Wildman–Crippen MR) is 81.4 cm³/mol. The van der Waals surface area contributed by atoms with Gasteiger partial charge in [0.1, 0.15) is 5.65 Å². The van der Waals surface area contributed by atoms with Gasteiger partial charge < -0.3 is 4.98 Å². The molecule has 1 N–H and O–H groups in total. The quantitative estimate of drug-likeness (QED) is 0.782. The van der Waals surface area contributed by atoms with Crippen molar-refractivity contribution in [1.82, 2.24) is 9.97 Å². The van der Waals surface area contributed by atoms with Crippen LogP contribution in [0.1, 0.15) is 49.9 Å². The van der Waals surface area contributed by atoms with Crippen molar-refractivity contribution in [3.05, 3.63) is 28.5 Å². The summed E-state index contributed by atoms with van der Waals surface area (Å²) in [5.74, 6) is 0.361. The second-order valence-corrected chi connectivity index (χ2v) is 5.78. The highest BCUT2D eigenvalue weighted by Crippen LogP contribution is 2.25. The van der Waals surface area contributed by atoms with Crippen molar-refractivity contribution in [3.63, 3.8) is 0 Å². The maximum atomic E-state index is 12.6. The molecule has 0 bridgehead atoms. The van der Waals surface area contributed by atoms with Gasteiger partial charge in [0.2, 0.25) is 0 Å². The van der Waals surface area contributed by atoms with Crippen LogP contribution in [0, 0.1) is 5.92 Å². The van der Waals surface area contributed by atoms with E-state index in [1.807, 2.05) is 6.07 Å². The number of aromatic nitrogens is 2. The summed E-state index contributed by atoms with van der Waals surface area (Å²) in [6.07, 6.45) is 7.63. The number of pyridine rings is 1. The van der Waals surface area contributed by atoms with Crippen LogP contribution < -0.4 is 0 Å². The first-order valence-corrected chi connectivity index (χ1v) is 7.63. The molecule has 2 heterocycles. The monoisotopic (exact) mass is 322 g/mol. The number of carbonyl (C=O) groups is 1. The lowest BCUT2D eigenvalue weighted by Gasteiger charge is -2.12. The lowest BCUT2D eigenvalue weighted by Crippen LogP contribution is -2.13. The molecule has 4 heteroatoms. The van der Waals surface area contributed by atoms with Gasteiger partial charge in [-0.25, -0.2) is 4.98 Å². The summed E-state index contributed by atoms with van der Waals surface area (Å²) in [6.45, 7) is 4.24. The highest BCUT2D eigenvalue weighted by molar-refractivity contribution is 9.10. The fourth-order valence-corrected chi connectivity index (χ4v) is 2.70. The van der Waals surface area contributed by atoms with E-state index in [1.54, 1.807) is 12.4 Å². The van der Waals surface area contributed by atoms with Crippen molar-refractivity contribution in [2.75, 3.05) is 0 Å². The second kappa shape index (κ2) is 6.33. The van der Waals surface area contributed by atoms with Crippen molar-refractivity contribution in [1.29, 1.82) is 0 Å². The first-order chi connectivity index (χ1) is 9.17. The van der Waals surface area contributed by atoms with E-state index in [-0.39, 0.29) is 11.7 Å². The van der Waals surface area contributed by atoms with Gasteiger partial charge in [0.15, 0.2) is 5.78 Å². The van der Waals surface area contributed by atoms with Gasteiger partial charge in [-0.15, -0.1) is 0 Å². The molecule has 0 radical (unpaired) electrons. The van der Waals surface area contributed by atoms with E-state index < -0.39 is 0 Å². The molecule has 0 spiro atoms. The average Bonchev–Trinajstić information content (AvgIpc) is 2.82. The van der Waals surface area contributed by atoms with Gasteiger partial charge in [-0.2, -0.15) is 0 Å². The largest absolute Gasteiger partial charge is 0.345 e. The minimum Gasteiger partial charge on any atom is -0.345 e. The highest BCUT2D eigenvalue weighted by Gasteiger charge is 2.21. The SMILES string of the molecule is CCCCC(CC)C(=O)c1c[nH]c2ncc(Br)cc12. The van der Waals surface area contributed by atoms with Crippen molar-refractivity contribution in [3.8, 4) is 0 Å². The molecule has 0 amide bonds. The Labute approximate surface area is 121 Å². The Morgan fingerprint density at radius 2 is 2.26 bits per heavy atom. The van der Waals surface area contributed by atoms with Crippen LogP contribution in [0.2, 0.25) is 0 Å². The number of aromatic amines is 1. The van der Waals surface area contributed by atoms with Crippen LogP contribution in [-0.2, 0) is 0 Å². The number of fused-ring (bicyclic) bond motifs is 1. The topological polar surface area (TPSA) is 45.8 Å². The first-order valence-electron chi connectivity index (χ1n) is 6.84. The number of hydrogen-bond donors (Lipinski definition) is 1. The molecule has 0 saturated heterocycles. The molecule has 19 heavy (non-hydrogen) atoms. The summed E-state index contributed by atoms with van der Waals surface area (Å²) in [5, 5.41) is 0.911. The number of nitrogens with one attached hydrogen (secondary N) is 1. The average molecular weight is 323 g/mol. The molecule has 0 aliphatic rings. The maximum absolute atomic E-state index is 12.6. The van der Waals surface area contributed by atoms with E-state index in [0.29, 0.717) is 0 Å². The van der Waals surface area contributed by atoms with Gasteiger partial charge in [-0.1, -0.05) is 26.7 Å². The Hall–Kier alpha value is -1.16. The third-order valence-corrected chi connectivity index (χ3v) is 3.97. The van der Waals surface area contributed by atoms with E-state index in [2.05, 4.69) is 39.7 Å². The third kappa shape index (κ3) is 3.06. The van der Waals surface area contributed by atoms with E-state index in [0.717, 1.165) is 46.8 Å². The number of H-pyrrole nitrogens is 1. The lowest BCUT2D eigenvalue weighted by atomic mass is 9.91. The van der Waals surface area contributed by atoms with Crippen molar-refractivity contribution >= 4 is 32.7 Å². The van der Waals surface area contributed by atoms with E-state index in [1.165, 1.54) is 0 Å². The molecule has 102 valence electrons. The fourth-order valence-electron chi connectivity index (χ4n) is 2.37. The minimum atomic E-state index is 0.123. The zero-order valence-electron chi connectivity index (χ0n) is 11.4. The Kier molecular flexibility index (Phi) is 4.75. The van der Waals surface area contributed by atoms with Crippen LogP contribution in [0.15, 0.2) is 22.9 Å². The zero-order chi connectivity index (χ0) is 13.8. The van der Waals surface area contributed by atoms with E-state index in [4.69, 9.17) is 0 Å². The van der Waals surface area contributed by atoms with Crippen LogP contribution >= 0.6 is 15.9 Å². The summed E-state index contributed by atoms with van der Waals surface area (Å²) in [4.78, 5) is 20.0. The molecule has 0 saturated carbocycles. The molecule has 0 aliphatic carbocycles.